The Balaban J connectivity index is 4.71. The lowest BCUT2D eigenvalue weighted by Gasteiger charge is -2.38. The van der Waals surface area contributed by atoms with Crippen molar-refractivity contribution in [2.45, 2.75) is 39.5 Å². The van der Waals surface area contributed by atoms with Gasteiger partial charge < -0.3 is 4.74 Å². The molecule has 0 aromatic rings. The van der Waals surface area contributed by atoms with E-state index in [0.717, 1.165) is 6.08 Å². The van der Waals surface area contributed by atoms with Crippen LogP contribution in [0.2, 0.25) is 0 Å². The van der Waals surface area contributed by atoms with Gasteiger partial charge in [0.2, 0.25) is 0 Å². The van der Waals surface area contributed by atoms with Crippen molar-refractivity contribution in [1.29, 1.82) is 0 Å². The van der Waals surface area contributed by atoms with Gasteiger partial charge >= 0.3 is 0 Å². The first kappa shape index (κ1) is 18.6. The van der Waals surface area contributed by atoms with E-state index < -0.39 is 17.3 Å². The van der Waals surface area contributed by atoms with Crippen molar-refractivity contribution in [3.63, 3.8) is 0 Å². The molecule has 1 atom stereocenters. The molecule has 0 bridgehead atoms. The molecule has 0 radical (unpaired) electrons. The van der Waals surface area contributed by atoms with E-state index in [9.17, 15) is 13.6 Å². The van der Waals surface area contributed by atoms with Gasteiger partial charge in [-0.15, -0.1) is 0 Å². The number of hydrogen-bond donors (Lipinski definition) is 0. The van der Waals surface area contributed by atoms with Crippen LogP contribution in [0.15, 0.2) is 37.6 Å². The zero-order valence-electron chi connectivity index (χ0n) is 12.5. The normalized spacial score (nSPS) is 13.4. The summed E-state index contributed by atoms with van der Waals surface area (Å²) < 4.78 is 34.0. The Labute approximate surface area is 120 Å². The van der Waals surface area contributed by atoms with Gasteiger partial charge in [0.25, 0.3) is 5.92 Å². The van der Waals surface area contributed by atoms with Gasteiger partial charge in [-0.2, -0.15) is 0 Å². The lowest BCUT2D eigenvalue weighted by molar-refractivity contribution is -0.160. The van der Waals surface area contributed by atoms with Crippen LogP contribution in [-0.2, 0) is 9.53 Å². The Bertz CT molecular complexity index is 384. The molecular weight excluding hydrogens is 262 g/mol. The third-order valence-electron chi connectivity index (χ3n) is 3.49. The summed E-state index contributed by atoms with van der Waals surface area (Å²) in [6, 6.07) is 0. The maximum atomic E-state index is 14.4. The summed E-state index contributed by atoms with van der Waals surface area (Å²) in [5, 5.41) is 0. The monoisotopic (exact) mass is 286 g/mol. The van der Waals surface area contributed by atoms with Gasteiger partial charge in [0.05, 0.1) is 12.5 Å². The molecule has 114 valence electrons. The van der Waals surface area contributed by atoms with Crippen LogP contribution in [0.5, 0.6) is 0 Å². The Morgan fingerprint density at radius 3 is 2.30 bits per heavy atom. The standard InChI is InChI=1S/C16H24F2O2/c1-7-13(4)20-11-12(3)16(17,18)15(5,6)10-9-14(19)8-2/h7-8,12H,1-2,4,9-11H2,3,5-6H3. The van der Waals surface area contributed by atoms with Gasteiger partial charge in [-0.05, 0) is 18.6 Å². The fourth-order valence-corrected chi connectivity index (χ4v) is 1.77. The van der Waals surface area contributed by atoms with Gasteiger partial charge in [-0.25, -0.2) is 8.78 Å². The molecule has 0 fully saturated rings. The van der Waals surface area contributed by atoms with E-state index >= 15 is 0 Å². The molecule has 2 nitrogen and oxygen atoms in total. The van der Waals surface area contributed by atoms with Crippen molar-refractivity contribution in [2.24, 2.45) is 11.3 Å². The van der Waals surface area contributed by atoms with Crippen LogP contribution in [0.1, 0.15) is 33.6 Å². The molecule has 0 rings (SSSR count). The number of ketones is 1. The fourth-order valence-electron chi connectivity index (χ4n) is 1.77. The van der Waals surface area contributed by atoms with Crippen molar-refractivity contribution in [1.82, 2.24) is 0 Å². The lowest BCUT2D eigenvalue weighted by atomic mass is 9.75. The van der Waals surface area contributed by atoms with Crippen molar-refractivity contribution in [3.05, 3.63) is 37.6 Å². The van der Waals surface area contributed by atoms with E-state index in [1.807, 2.05) is 0 Å². The molecule has 0 N–H and O–H groups in total. The lowest BCUT2D eigenvalue weighted by Crippen LogP contribution is -2.44. The largest absolute Gasteiger partial charge is 0.494 e. The highest BCUT2D eigenvalue weighted by molar-refractivity contribution is 5.88. The number of halogens is 2. The molecule has 0 heterocycles. The van der Waals surface area contributed by atoms with Gasteiger partial charge in [0, 0.05) is 11.8 Å². The van der Waals surface area contributed by atoms with E-state index in [1.165, 1.54) is 26.8 Å². The molecule has 0 aliphatic heterocycles. The predicted molar refractivity (Wildman–Crippen MR) is 77.6 cm³/mol. The van der Waals surface area contributed by atoms with Crippen LogP contribution in [-0.4, -0.2) is 18.3 Å². The zero-order valence-corrected chi connectivity index (χ0v) is 12.5. The van der Waals surface area contributed by atoms with E-state index in [0.29, 0.717) is 0 Å². The van der Waals surface area contributed by atoms with Crippen LogP contribution in [0.4, 0.5) is 8.78 Å². The highest BCUT2D eigenvalue weighted by Gasteiger charge is 2.50. The van der Waals surface area contributed by atoms with Gasteiger partial charge in [0.15, 0.2) is 5.78 Å². The second-order valence-corrected chi connectivity index (χ2v) is 5.56. The van der Waals surface area contributed by atoms with Crippen LogP contribution in [0, 0.1) is 11.3 Å². The molecule has 1 unspecified atom stereocenters. The number of carbonyl (C=O) groups is 1. The van der Waals surface area contributed by atoms with E-state index in [2.05, 4.69) is 19.7 Å². The molecule has 0 saturated carbocycles. The summed E-state index contributed by atoms with van der Waals surface area (Å²) in [7, 11) is 0. The first-order chi connectivity index (χ1) is 9.08. The smallest absolute Gasteiger partial charge is 0.258 e. The van der Waals surface area contributed by atoms with E-state index in [-0.39, 0.29) is 31.0 Å². The molecule has 0 aliphatic carbocycles. The van der Waals surface area contributed by atoms with Crippen LogP contribution in [0.25, 0.3) is 0 Å². The highest BCUT2D eigenvalue weighted by Crippen LogP contribution is 2.45. The molecular formula is C16H24F2O2. The van der Waals surface area contributed by atoms with Gasteiger partial charge in [0.1, 0.15) is 5.76 Å². The number of hydrogen-bond acceptors (Lipinski definition) is 2. The summed E-state index contributed by atoms with van der Waals surface area (Å²) in [6.45, 7) is 14.5. The summed E-state index contributed by atoms with van der Waals surface area (Å²) in [5.74, 6) is -3.91. The molecule has 20 heavy (non-hydrogen) atoms. The maximum absolute atomic E-state index is 14.4. The Morgan fingerprint density at radius 1 is 1.30 bits per heavy atom. The zero-order chi connectivity index (χ0) is 16.0. The molecule has 0 aromatic heterocycles. The van der Waals surface area contributed by atoms with Gasteiger partial charge in [-0.1, -0.05) is 40.5 Å². The first-order valence-electron chi connectivity index (χ1n) is 6.55. The van der Waals surface area contributed by atoms with Crippen molar-refractivity contribution in [2.75, 3.05) is 6.61 Å². The summed E-state index contributed by atoms with van der Waals surface area (Å²) in [6.07, 6.45) is 2.70. The predicted octanol–water partition coefficient (Wildman–Crippen LogP) is 4.54. The molecule has 0 amide bonds. The van der Waals surface area contributed by atoms with E-state index in [1.54, 1.807) is 0 Å². The Hall–Kier alpha value is -1.45. The molecule has 0 aliphatic rings. The number of alkyl halides is 2. The van der Waals surface area contributed by atoms with Crippen LogP contribution >= 0.6 is 0 Å². The summed E-state index contributed by atoms with van der Waals surface area (Å²) >= 11 is 0. The minimum Gasteiger partial charge on any atom is -0.494 e. The topological polar surface area (TPSA) is 26.3 Å². The second-order valence-electron chi connectivity index (χ2n) is 5.56. The van der Waals surface area contributed by atoms with Crippen molar-refractivity contribution < 1.29 is 18.3 Å². The van der Waals surface area contributed by atoms with Crippen LogP contribution < -0.4 is 0 Å². The highest BCUT2D eigenvalue weighted by atomic mass is 19.3. The Morgan fingerprint density at radius 2 is 1.85 bits per heavy atom. The number of carbonyl (C=O) groups excluding carboxylic acids is 1. The van der Waals surface area contributed by atoms with E-state index in [4.69, 9.17) is 4.74 Å². The SMILES string of the molecule is C=CC(=C)OCC(C)C(F)(F)C(C)(C)CCC(=O)C=C. The van der Waals surface area contributed by atoms with Gasteiger partial charge in [-0.3, -0.25) is 4.79 Å². The minimum absolute atomic E-state index is 0.0685. The molecule has 0 saturated heterocycles. The average molecular weight is 286 g/mol. The van der Waals surface area contributed by atoms with Crippen molar-refractivity contribution >= 4 is 5.78 Å². The first-order valence-corrected chi connectivity index (χ1v) is 6.55. The quantitative estimate of drug-likeness (QED) is 0.335. The third-order valence-corrected chi connectivity index (χ3v) is 3.49. The third kappa shape index (κ3) is 4.91. The summed E-state index contributed by atoms with van der Waals surface area (Å²) in [5.41, 5.74) is -1.30. The number of rotatable bonds is 10. The Kier molecular flexibility index (Phi) is 6.83. The summed E-state index contributed by atoms with van der Waals surface area (Å²) in [4.78, 5) is 11.2. The average Bonchev–Trinajstić information content (AvgIpc) is 2.41. The molecule has 0 spiro atoms. The number of allylic oxidation sites excluding steroid dienone is 2. The molecule has 0 aromatic carbocycles. The molecule has 4 heteroatoms. The van der Waals surface area contributed by atoms with Crippen molar-refractivity contribution in [3.8, 4) is 0 Å². The fraction of sp³-hybridized carbons (Fsp3) is 0.562. The maximum Gasteiger partial charge on any atom is 0.258 e. The second kappa shape index (κ2) is 7.36. The number of ether oxygens (including phenoxy) is 1. The minimum atomic E-state index is -2.96. The van der Waals surface area contributed by atoms with Crippen LogP contribution in [0.3, 0.4) is 0 Å².